The summed E-state index contributed by atoms with van der Waals surface area (Å²) in [4.78, 5) is 12.0. The van der Waals surface area contributed by atoms with E-state index in [1.807, 2.05) is 0 Å². The van der Waals surface area contributed by atoms with Crippen LogP contribution in [-0.2, 0) is 12.7 Å². The van der Waals surface area contributed by atoms with E-state index in [1.54, 1.807) is 18.2 Å². The van der Waals surface area contributed by atoms with Crippen molar-refractivity contribution in [1.29, 1.82) is 0 Å². The minimum absolute atomic E-state index is 0.151. The minimum Gasteiger partial charge on any atom is -0.497 e. The highest BCUT2D eigenvalue weighted by Crippen LogP contribution is 2.29. The molecule has 0 aliphatic rings. The van der Waals surface area contributed by atoms with Gasteiger partial charge in [0.05, 0.1) is 19.8 Å². The number of carbonyl (C=O) groups excluding carboxylic acids is 1. The first kappa shape index (κ1) is 17.7. The van der Waals surface area contributed by atoms with Crippen LogP contribution in [0.3, 0.4) is 0 Å². The Bertz CT molecular complexity index is 690. The molecule has 0 aliphatic carbocycles. The van der Waals surface area contributed by atoms with Crippen LogP contribution in [0.4, 0.5) is 13.2 Å². The molecule has 0 radical (unpaired) electrons. The van der Waals surface area contributed by atoms with Gasteiger partial charge < -0.3 is 14.8 Å². The molecule has 128 valence electrons. The van der Waals surface area contributed by atoms with Crippen LogP contribution in [-0.4, -0.2) is 20.1 Å². The van der Waals surface area contributed by atoms with Gasteiger partial charge in [-0.15, -0.1) is 0 Å². The number of benzene rings is 2. The number of amides is 1. The maximum absolute atomic E-state index is 12.5. The fourth-order valence-corrected chi connectivity index (χ4v) is 2.06. The summed E-state index contributed by atoms with van der Waals surface area (Å²) in [6, 6.07) is 9.20. The summed E-state index contributed by atoms with van der Waals surface area (Å²) in [7, 11) is 3.03. The molecule has 0 fully saturated rings. The van der Waals surface area contributed by atoms with Gasteiger partial charge in [0.25, 0.3) is 5.91 Å². The summed E-state index contributed by atoms with van der Waals surface area (Å²) in [5.74, 6) is 0.687. The van der Waals surface area contributed by atoms with Gasteiger partial charge in [0.15, 0.2) is 0 Å². The van der Waals surface area contributed by atoms with E-state index in [-0.39, 0.29) is 12.1 Å². The number of halogens is 3. The van der Waals surface area contributed by atoms with Crippen LogP contribution in [0.5, 0.6) is 11.5 Å². The molecule has 0 spiro atoms. The standard InChI is InChI=1S/C17H16F3NO3/c1-23-14-7-11(8-15(9-14)24-2)10-21-16(22)12-3-5-13(6-4-12)17(18,19)20/h3-9H,10H2,1-2H3,(H,21,22). The number of alkyl halides is 3. The van der Waals surface area contributed by atoms with E-state index in [4.69, 9.17) is 9.47 Å². The molecule has 0 atom stereocenters. The quantitative estimate of drug-likeness (QED) is 0.904. The van der Waals surface area contributed by atoms with Crippen molar-refractivity contribution in [1.82, 2.24) is 5.32 Å². The summed E-state index contributed by atoms with van der Waals surface area (Å²) < 4.78 is 47.8. The van der Waals surface area contributed by atoms with Gasteiger partial charge in [-0.05, 0) is 42.0 Å². The molecule has 0 bridgehead atoms. The van der Waals surface area contributed by atoms with E-state index in [1.165, 1.54) is 14.2 Å². The van der Waals surface area contributed by atoms with E-state index >= 15 is 0 Å². The third-order valence-corrected chi connectivity index (χ3v) is 3.34. The second-order valence-electron chi connectivity index (χ2n) is 4.98. The molecule has 1 N–H and O–H groups in total. The van der Waals surface area contributed by atoms with Gasteiger partial charge in [-0.3, -0.25) is 4.79 Å². The fourth-order valence-electron chi connectivity index (χ4n) is 2.06. The summed E-state index contributed by atoms with van der Waals surface area (Å²) in [5, 5.41) is 2.64. The van der Waals surface area contributed by atoms with E-state index in [0.717, 1.165) is 29.8 Å². The number of methoxy groups -OCH3 is 2. The largest absolute Gasteiger partial charge is 0.497 e. The van der Waals surface area contributed by atoms with Gasteiger partial charge in [0.1, 0.15) is 11.5 Å². The molecule has 0 aliphatic heterocycles. The van der Waals surface area contributed by atoms with Gasteiger partial charge in [0, 0.05) is 18.2 Å². The zero-order chi connectivity index (χ0) is 17.7. The summed E-state index contributed by atoms with van der Waals surface area (Å²) in [5.41, 5.74) is 0.0981. The van der Waals surface area contributed by atoms with Gasteiger partial charge in [-0.25, -0.2) is 0 Å². The van der Waals surface area contributed by atoms with E-state index in [0.29, 0.717) is 11.5 Å². The Balaban J connectivity index is 2.05. The van der Waals surface area contributed by atoms with Crippen molar-refractivity contribution in [2.75, 3.05) is 14.2 Å². The summed E-state index contributed by atoms with van der Waals surface area (Å²) in [6.07, 6.45) is -4.42. The number of hydrogen-bond donors (Lipinski definition) is 1. The van der Waals surface area contributed by atoms with Crippen LogP contribution in [0.2, 0.25) is 0 Å². The van der Waals surface area contributed by atoms with Gasteiger partial charge >= 0.3 is 6.18 Å². The number of carbonyl (C=O) groups is 1. The maximum atomic E-state index is 12.5. The molecule has 0 unspecified atom stereocenters. The Morgan fingerprint density at radius 2 is 1.54 bits per heavy atom. The topological polar surface area (TPSA) is 47.6 Å². The Kier molecular flexibility index (Phi) is 5.33. The molecule has 0 aromatic heterocycles. The van der Waals surface area contributed by atoms with E-state index in [2.05, 4.69) is 5.32 Å². The van der Waals surface area contributed by atoms with Crippen LogP contribution >= 0.6 is 0 Å². The van der Waals surface area contributed by atoms with Crippen molar-refractivity contribution in [3.05, 3.63) is 59.2 Å². The number of rotatable bonds is 5. The lowest BCUT2D eigenvalue weighted by molar-refractivity contribution is -0.137. The Hall–Kier alpha value is -2.70. The second kappa shape index (κ2) is 7.25. The van der Waals surface area contributed by atoms with Crippen LogP contribution in [0, 0.1) is 0 Å². The first-order chi connectivity index (χ1) is 11.3. The number of nitrogens with one attached hydrogen (secondary N) is 1. The van der Waals surface area contributed by atoms with E-state index < -0.39 is 17.6 Å². The predicted molar refractivity (Wildman–Crippen MR) is 82.2 cm³/mol. The maximum Gasteiger partial charge on any atom is 0.416 e. The molecule has 7 heteroatoms. The average Bonchev–Trinajstić information content (AvgIpc) is 2.58. The third-order valence-electron chi connectivity index (χ3n) is 3.34. The molecule has 24 heavy (non-hydrogen) atoms. The molecular weight excluding hydrogens is 323 g/mol. The molecule has 2 rings (SSSR count). The molecule has 4 nitrogen and oxygen atoms in total. The van der Waals surface area contributed by atoms with Crippen molar-refractivity contribution in [3.63, 3.8) is 0 Å². The second-order valence-corrected chi connectivity index (χ2v) is 4.98. The highest BCUT2D eigenvalue weighted by molar-refractivity contribution is 5.94. The molecule has 0 saturated carbocycles. The van der Waals surface area contributed by atoms with Gasteiger partial charge in [0.2, 0.25) is 0 Å². The van der Waals surface area contributed by atoms with E-state index in [9.17, 15) is 18.0 Å². The zero-order valence-electron chi connectivity index (χ0n) is 13.1. The molecule has 0 saturated heterocycles. The molecule has 2 aromatic rings. The molecular formula is C17H16F3NO3. The molecule has 1 amide bonds. The Labute approximate surface area is 137 Å². The highest BCUT2D eigenvalue weighted by Gasteiger charge is 2.30. The van der Waals surface area contributed by atoms with Gasteiger partial charge in [-0.1, -0.05) is 0 Å². The Morgan fingerprint density at radius 1 is 1.00 bits per heavy atom. The van der Waals surface area contributed by atoms with Gasteiger partial charge in [-0.2, -0.15) is 13.2 Å². The lowest BCUT2D eigenvalue weighted by atomic mass is 10.1. The lowest BCUT2D eigenvalue weighted by Crippen LogP contribution is -2.23. The van der Waals surface area contributed by atoms with Crippen LogP contribution in [0.15, 0.2) is 42.5 Å². The van der Waals surface area contributed by atoms with Crippen molar-refractivity contribution < 1.29 is 27.4 Å². The third kappa shape index (κ3) is 4.41. The number of hydrogen-bond acceptors (Lipinski definition) is 3. The summed E-state index contributed by atoms with van der Waals surface area (Å²) >= 11 is 0. The first-order valence-corrected chi connectivity index (χ1v) is 7.01. The monoisotopic (exact) mass is 339 g/mol. The highest BCUT2D eigenvalue weighted by atomic mass is 19.4. The van der Waals surface area contributed by atoms with Crippen LogP contribution in [0.25, 0.3) is 0 Å². The van der Waals surface area contributed by atoms with Crippen molar-refractivity contribution in [2.45, 2.75) is 12.7 Å². The fraction of sp³-hybridized carbons (Fsp3) is 0.235. The first-order valence-electron chi connectivity index (χ1n) is 7.01. The smallest absolute Gasteiger partial charge is 0.416 e. The van der Waals surface area contributed by atoms with Crippen molar-refractivity contribution >= 4 is 5.91 Å². The minimum atomic E-state index is -4.42. The normalized spacial score (nSPS) is 11.0. The molecule has 2 aromatic carbocycles. The summed E-state index contributed by atoms with van der Waals surface area (Å²) in [6.45, 7) is 0.188. The Morgan fingerprint density at radius 3 is 2.00 bits per heavy atom. The molecule has 0 heterocycles. The van der Waals surface area contributed by atoms with Crippen molar-refractivity contribution in [3.8, 4) is 11.5 Å². The number of ether oxygens (including phenoxy) is 2. The SMILES string of the molecule is COc1cc(CNC(=O)c2ccc(C(F)(F)F)cc2)cc(OC)c1. The average molecular weight is 339 g/mol. The van der Waals surface area contributed by atoms with Crippen LogP contribution in [0.1, 0.15) is 21.5 Å². The lowest BCUT2D eigenvalue weighted by Gasteiger charge is -2.10. The zero-order valence-corrected chi connectivity index (χ0v) is 13.1. The van der Waals surface area contributed by atoms with Crippen LogP contribution < -0.4 is 14.8 Å². The predicted octanol–water partition coefficient (Wildman–Crippen LogP) is 3.65. The van der Waals surface area contributed by atoms with Crippen molar-refractivity contribution in [2.24, 2.45) is 0 Å².